The molecule has 2 aromatic carbocycles. The normalized spacial score (nSPS) is 11.8. The summed E-state index contributed by atoms with van der Waals surface area (Å²) >= 11 is 0. The van der Waals surface area contributed by atoms with E-state index in [1.165, 1.54) is 5.56 Å². The first kappa shape index (κ1) is 17.0. The average Bonchev–Trinajstić information content (AvgIpc) is 2.69. The summed E-state index contributed by atoms with van der Waals surface area (Å²) in [6.45, 7) is 0.635. The van der Waals surface area contributed by atoms with E-state index in [-0.39, 0.29) is 6.04 Å². The Morgan fingerprint density at radius 3 is 2.40 bits per heavy atom. The lowest BCUT2D eigenvalue weighted by molar-refractivity contribution is 0.396. The van der Waals surface area contributed by atoms with Crippen molar-refractivity contribution in [3.05, 3.63) is 89.7 Å². The Labute approximate surface area is 148 Å². The zero-order valence-corrected chi connectivity index (χ0v) is 14.5. The Hall–Kier alpha value is -2.85. The van der Waals surface area contributed by atoms with Gasteiger partial charge in [-0.15, -0.1) is 0 Å². The number of nitrogens with zero attached hydrogens (tertiary/aromatic N) is 1. The predicted molar refractivity (Wildman–Crippen MR) is 98.9 cm³/mol. The molecule has 1 aromatic heterocycles. The molecule has 0 fully saturated rings. The highest BCUT2D eigenvalue weighted by atomic mass is 16.5. The number of ether oxygens (including phenoxy) is 2. The zero-order valence-electron chi connectivity index (χ0n) is 14.5. The molecule has 128 valence electrons. The largest absolute Gasteiger partial charge is 0.497 e. The van der Waals surface area contributed by atoms with Gasteiger partial charge in [0.25, 0.3) is 0 Å². The van der Waals surface area contributed by atoms with Crippen LogP contribution in [0.5, 0.6) is 11.5 Å². The van der Waals surface area contributed by atoms with Crippen molar-refractivity contribution in [3.8, 4) is 11.5 Å². The highest BCUT2D eigenvalue weighted by Gasteiger charge is 2.15. The Bertz CT molecular complexity index is 752. The number of methoxy groups -OCH3 is 2. The molecule has 0 aliphatic heterocycles. The van der Waals surface area contributed by atoms with Crippen LogP contribution in [0, 0.1) is 0 Å². The van der Waals surface area contributed by atoms with Crippen LogP contribution in [0.1, 0.15) is 22.9 Å². The van der Waals surface area contributed by atoms with Gasteiger partial charge in [-0.05, 0) is 35.9 Å². The van der Waals surface area contributed by atoms with Crippen molar-refractivity contribution in [1.82, 2.24) is 10.3 Å². The zero-order chi connectivity index (χ0) is 17.5. The average molecular weight is 334 g/mol. The van der Waals surface area contributed by atoms with Gasteiger partial charge < -0.3 is 14.8 Å². The van der Waals surface area contributed by atoms with Gasteiger partial charge in [0.1, 0.15) is 11.5 Å². The quantitative estimate of drug-likeness (QED) is 0.710. The molecule has 25 heavy (non-hydrogen) atoms. The Kier molecular flexibility index (Phi) is 5.65. The summed E-state index contributed by atoms with van der Waals surface area (Å²) in [7, 11) is 3.35. The molecular weight excluding hydrogens is 312 g/mol. The second-order valence-corrected chi connectivity index (χ2v) is 5.66. The minimum atomic E-state index is -0.00157. The lowest BCUT2D eigenvalue weighted by Gasteiger charge is -2.20. The number of aromatic nitrogens is 1. The molecule has 1 unspecified atom stereocenters. The van der Waals surface area contributed by atoms with Gasteiger partial charge in [0.15, 0.2) is 0 Å². The van der Waals surface area contributed by atoms with E-state index in [1.807, 2.05) is 60.8 Å². The van der Waals surface area contributed by atoms with Crippen molar-refractivity contribution in [2.75, 3.05) is 14.2 Å². The third kappa shape index (κ3) is 4.17. The van der Waals surface area contributed by atoms with Crippen LogP contribution in [-0.2, 0) is 6.54 Å². The standard InChI is InChI=1S/C21H22N2O2/c1-24-18-11-12-20(25-2)17(14-18)15-23-21(16-8-4-3-5-9-16)19-10-6-7-13-22-19/h3-14,21,23H,15H2,1-2H3. The van der Waals surface area contributed by atoms with E-state index in [0.717, 1.165) is 22.8 Å². The molecule has 0 aliphatic rings. The summed E-state index contributed by atoms with van der Waals surface area (Å²) in [5.74, 6) is 1.65. The summed E-state index contributed by atoms with van der Waals surface area (Å²) in [5.41, 5.74) is 3.19. The first-order chi connectivity index (χ1) is 12.3. The number of rotatable bonds is 7. The minimum absolute atomic E-state index is 0.00157. The maximum atomic E-state index is 5.48. The fourth-order valence-corrected chi connectivity index (χ4v) is 2.82. The molecule has 3 rings (SSSR count). The van der Waals surface area contributed by atoms with Gasteiger partial charge in [0.05, 0.1) is 26.0 Å². The highest BCUT2D eigenvalue weighted by Crippen LogP contribution is 2.26. The Balaban J connectivity index is 1.87. The molecule has 1 heterocycles. The molecular formula is C21H22N2O2. The van der Waals surface area contributed by atoms with Crippen LogP contribution in [-0.4, -0.2) is 19.2 Å². The topological polar surface area (TPSA) is 43.4 Å². The predicted octanol–water partition coefficient (Wildman–Crippen LogP) is 3.98. The van der Waals surface area contributed by atoms with Crippen molar-refractivity contribution in [3.63, 3.8) is 0 Å². The van der Waals surface area contributed by atoms with Crippen molar-refractivity contribution in [2.24, 2.45) is 0 Å². The van der Waals surface area contributed by atoms with Gasteiger partial charge in [-0.1, -0.05) is 36.4 Å². The van der Waals surface area contributed by atoms with Gasteiger partial charge in [-0.3, -0.25) is 4.98 Å². The third-order valence-electron chi connectivity index (χ3n) is 4.10. The van der Waals surface area contributed by atoms with Gasteiger partial charge in [0, 0.05) is 18.3 Å². The van der Waals surface area contributed by atoms with E-state index in [2.05, 4.69) is 22.4 Å². The van der Waals surface area contributed by atoms with Crippen LogP contribution in [0.4, 0.5) is 0 Å². The molecule has 1 atom stereocenters. The molecule has 3 aromatic rings. The lowest BCUT2D eigenvalue weighted by atomic mass is 10.0. The number of pyridine rings is 1. The monoisotopic (exact) mass is 334 g/mol. The van der Waals surface area contributed by atoms with Crippen molar-refractivity contribution >= 4 is 0 Å². The summed E-state index contributed by atoms with van der Waals surface area (Å²) in [6, 6.07) is 22.1. The van der Waals surface area contributed by atoms with E-state index in [4.69, 9.17) is 9.47 Å². The van der Waals surface area contributed by atoms with Crippen LogP contribution < -0.4 is 14.8 Å². The lowest BCUT2D eigenvalue weighted by Crippen LogP contribution is -2.23. The number of nitrogens with one attached hydrogen (secondary N) is 1. The second kappa shape index (κ2) is 8.31. The van der Waals surface area contributed by atoms with E-state index in [1.54, 1.807) is 14.2 Å². The third-order valence-corrected chi connectivity index (χ3v) is 4.10. The first-order valence-corrected chi connectivity index (χ1v) is 8.22. The van der Waals surface area contributed by atoms with Crippen LogP contribution in [0.15, 0.2) is 72.9 Å². The highest BCUT2D eigenvalue weighted by molar-refractivity contribution is 5.40. The molecule has 0 bridgehead atoms. The molecule has 0 aliphatic carbocycles. The Morgan fingerprint density at radius 2 is 1.72 bits per heavy atom. The van der Waals surface area contributed by atoms with Gasteiger partial charge >= 0.3 is 0 Å². The number of hydrogen-bond donors (Lipinski definition) is 1. The van der Waals surface area contributed by atoms with E-state index >= 15 is 0 Å². The maximum Gasteiger partial charge on any atom is 0.123 e. The van der Waals surface area contributed by atoms with Crippen molar-refractivity contribution in [1.29, 1.82) is 0 Å². The van der Waals surface area contributed by atoms with Gasteiger partial charge in [-0.25, -0.2) is 0 Å². The minimum Gasteiger partial charge on any atom is -0.497 e. The second-order valence-electron chi connectivity index (χ2n) is 5.66. The van der Waals surface area contributed by atoms with E-state index in [0.29, 0.717) is 6.54 Å². The van der Waals surface area contributed by atoms with Gasteiger partial charge in [-0.2, -0.15) is 0 Å². The van der Waals surface area contributed by atoms with Crippen molar-refractivity contribution < 1.29 is 9.47 Å². The van der Waals surface area contributed by atoms with Crippen molar-refractivity contribution in [2.45, 2.75) is 12.6 Å². The van der Waals surface area contributed by atoms with Gasteiger partial charge in [0.2, 0.25) is 0 Å². The van der Waals surface area contributed by atoms with E-state index < -0.39 is 0 Å². The summed E-state index contributed by atoms with van der Waals surface area (Å²) in [6.07, 6.45) is 1.82. The molecule has 4 heteroatoms. The summed E-state index contributed by atoms with van der Waals surface area (Å²) in [5, 5.41) is 3.60. The smallest absolute Gasteiger partial charge is 0.123 e. The summed E-state index contributed by atoms with van der Waals surface area (Å²) in [4.78, 5) is 4.53. The van der Waals surface area contributed by atoms with Crippen LogP contribution in [0.25, 0.3) is 0 Å². The fourth-order valence-electron chi connectivity index (χ4n) is 2.82. The molecule has 4 nitrogen and oxygen atoms in total. The molecule has 1 N–H and O–H groups in total. The molecule has 0 saturated heterocycles. The van der Waals surface area contributed by atoms with Crippen LogP contribution in [0.2, 0.25) is 0 Å². The molecule has 0 spiro atoms. The fraction of sp³-hybridized carbons (Fsp3) is 0.190. The number of benzene rings is 2. The summed E-state index contributed by atoms with van der Waals surface area (Å²) < 4.78 is 10.8. The SMILES string of the molecule is COc1ccc(OC)c(CNC(c2ccccc2)c2ccccn2)c1. The number of hydrogen-bond acceptors (Lipinski definition) is 4. The van der Waals surface area contributed by atoms with Crippen LogP contribution in [0.3, 0.4) is 0 Å². The molecule has 0 saturated carbocycles. The Morgan fingerprint density at radius 1 is 0.920 bits per heavy atom. The van der Waals surface area contributed by atoms with Crippen LogP contribution >= 0.6 is 0 Å². The molecule has 0 radical (unpaired) electrons. The van der Waals surface area contributed by atoms with E-state index in [9.17, 15) is 0 Å². The maximum absolute atomic E-state index is 5.48. The first-order valence-electron chi connectivity index (χ1n) is 8.22. The molecule has 0 amide bonds.